The Labute approximate surface area is 162 Å². The van der Waals surface area contributed by atoms with E-state index >= 15 is 0 Å². The molecular weight excluding hydrogens is 366 g/mol. The molecule has 0 aliphatic heterocycles. The van der Waals surface area contributed by atoms with Crippen LogP contribution in [0.1, 0.15) is 17.4 Å². The van der Waals surface area contributed by atoms with Crippen LogP contribution in [0.3, 0.4) is 0 Å². The monoisotopic (exact) mass is 385 g/mol. The number of anilines is 1. The van der Waals surface area contributed by atoms with Gasteiger partial charge in [0.15, 0.2) is 0 Å². The molecule has 1 atom stereocenters. The summed E-state index contributed by atoms with van der Waals surface area (Å²) in [6.07, 6.45) is 4.13. The summed E-state index contributed by atoms with van der Waals surface area (Å²) in [7, 11) is 0. The van der Waals surface area contributed by atoms with Gasteiger partial charge in [0.25, 0.3) is 0 Å². The Bertz CT molecular complexity index is 822. The van der Waals surface area contributed by atoms with Crippen LogP contribution in [0.15, 0.2) is 66.3 Å². The molecule has 3 rings (SSSR count). The normalized spacial score (nSPS) is 11.8. The van der Waals surface area contributed by atoms with Crippen LogP contribution in [0.2, 0.25) is 5.02 Å². The lowest BCUT2D eigenvalue weighted by molar-refractivity contribution is 0.188. The first-order chi connectivity index (χ1) is 12.6. The molecule has 26 heavy (non-hydrogen) atoms. The highest BCUT2D eigenvalue weighted by molar-refractivity contribution is 7.09. The van der Waals surface area contributed by atoms with Crippen LogP contribution in [-0.4, -0.2) is 22.0 Å². The molecule has 0 spiro atoms. The average molecular weight is 386 g/mol. The highest BCUT2D eigenvalue weighted by Gasteiger charge is 2.21. The predicted octanol–water partition coefficient (Wildman–Crippen LogP) is 5.46. The van der Waals surface area contributed by atoms with Gasteiger partial charge in [0.2, 0.25) is 0 Å². The van der Waals surface area contributed by atoms with Gasteiger partial charge in [-0.3, -0.25) is 4.98 Å². The summed E-state index contributed by atoms with van der Waals surface area (Å²) < 4.78 is 0. The zero-order chi connectivity index (χ0) is 18.4. The van der Waals surface area contributed by atoms with E-state index in [0.717, 1.165) is 12.0 Å². The number of urea groups is 1. The lowest BCUT2D eigenvalue weighted by atomic mass is 10.1. The Kier molecular flexibility index (Phi) is 6.26. The van der Waals surface area contributed by atoms with Gasteiger partial charge in [0.1, 0.15) is 0 Å². The van der Waals surface area contributed by atoms with Gasteiger partial charge in [-0.25, -0.2) is 4.79 Å². The summed E-state index contributed by atoms with van der Waals surface area (Å²) in [4.78, 5) is 20.1. The molecular formula is C20H20ClN3OS. The maximum atomic E-state index is 12.9. The second-order valence-corrected chi connectivity index (χ2v) is 7.53. The SMILES string of the molecule is C[C@H](Cc1cccs1)N(Cc1ccc(Cl)cc1)C(=O)Nc1cccnc1. The first-order valence-corrected chi connectivity index (χ1v) is 9.62. The topological polar surface area (TPSA) is 45.2 Å². The number of halogens is 1. The standard InChI is InChI=1S/C20H20ClN3OS/c1-15(12-19-5-3-11-26-19)24(14-16-6-8-17(21)9-7-16)20(25)23-18-4-2-10-22-13-18/h2-11,13,15H,12,14H2,1H3,(H,23,25)/t15-/m1/s1. The number of hydrogen-bond acceptors (Lipinski definition) is 3. The number of hydrogen-bond donors (Lipinski definition) is 1. The van der Waals surface area contributed by atoms with Crippen molar-refractivity contribution in [2.24, 2.45) is 0 Å². The molecule has 0 radical (unpaired) electrons. The van der Waals surface area contributed by atoms with E-state index in [1.54, 1.807) is 29.8 Å². The molecule has 6 heteroatoms. The first kappa shape index (κ1) is 18.4. The largest absolute Gasteiger partial charge is 0.322 e. The highest BCUT2D eigenvalue weighted by atomic mass is 35.5. The minimum atomic E-state index is -0.142. The second-order valence-electron chi connectivity index (χ2n) is 6.06. The molecule has 1 N–H and O–H groups in total. The molecule has 2 aromatic heterocycles. The number of pyridine rings is 1. The van der Waals surface area contributed by atoms with E-state index < -0.39 is 0 Å². The third-order valence-corrected chi connectivity index (χ3v) is 5.20. The van der Waals surface area contributed by atoms with Crippen LogP contribution in [-0.2, 0) is 13.0 Å². The molecule has 134 valence electrons. The molecule has 2 amide bonds. The fourth-order valence-corrected chi connectivity index (χ4v) is 3.63. The molecule has 4 nitrogen and oxygen atoms in total. The molecule has 0 fully saturated rings. The van der Waals surface area contributed by atoms with Crippen molar-refractivity contribution in [1.82, 2.24) is 9.88 Å². The van der Waals surface area contributed by atoms with Crippen molar-refractivity contribution in [3.05, 3.63) is 81.8 Å². The molecule has 0 saturated heterocycles. The summed E-state index contributed by atoms with van der Waals surface area (Å²) in [6.45, 7) is 2.58. The van der Waals surface area contributed by atoms with E-state index in [0.29, 0.717) is 17.3 Å². The number of benzene rings is 1. The number of carbonyl (C=O) groups excluding carboxylic acids is 1. The number of rotatable bonds is 6. The predicted molar refractivity (Wildman–Crippen MR) is 108 cm³/mol. The number of nitrogens with one attached hydrogen (secondary N) is 1. The molecule has 2 heterocycles. The Balaban J connectivity index is 1.77. The Morgan fingerprint density at radius 3 is 2.69 bits per heavy atom. The fraction of sp³-hybridized carbons (Fsp3) is 0.200. The summed E-state index contributed by atoms with van der Waals surface area (Å²) in [5.41, 5.74) is 1.72. The van der Waals surface area contributed by atoms with Crippen molar-refractivity contribution in [3.8, 4) is 0 Å². The van der Waals surface area contributed by atoms with Gasteiger partial charge >= 0.3 is 6.03 Å². The quantitative estimate of drug-likeness (QED) is 0.612. The van der Waals surface area contributed by atoms with Gasteiger partial charge in [-0.2, -0.15) is 0 Å². The number of amides is 2. The smallest absolute Gasteiger partial charge is 0.317 e. The highest BCUT2D eigenvalue weighted by Crippen LogP contribution is 2.19. The maximum absolute atomic E-state index is 12.9. The Hall–Kier alpha value is -2.37. The minimum absolute atomic E-state index is 0.0426. The van der Waals surface area contributed by atoms with E-state index in [1.807, 2.05) is 41.3 Å². The minimum Gasteiger partial charge on any atom is -0.317 e. The van der Waals surface area contributed by atoms with Crippen LogP contribution < -0.4 is 5.32 Å². The summed E-state index contributed by atoms with van der Waals surface area (Å²) in [5, 5.41) is 5.68. The number of carbonyl (C=O) groups is 1. The van der Waals surface area contributed by atoms with Crippen LogP contribution in [0.25, 0.3) is 0 Å². The molecule has 0 saturated carbocycles. The van der Waals surface area contributed by atoms with Gasteiger partial charge < -0.3 is 10.2 Å². The van der Waals surface area contributed by atoms with Gasteiger partial charge in [-0.05, 0) is 48.2 Å². The zero-order valence-corrected chi connectivity index (χ0v) is 16.0. The zero-order valence-electron chi connectivity index (χ0n) is 14.4. The molecule has 0 aliphatic rings. The van der Waals surface area contributed by atoms with Crippen LogP contribution in [0, 0.1) is 0 Å². The summed E-state index contributed by atoms with van der Waals surface area (Å²) >= 11 is 7.68. The van der Waals surface area contributed by atoms with Gasteiger partial charge in [0, 0.05) is 35.1 Å². The van der Waals surface area contributed by atoms with Crippen molar-refractivity contribution < 1.29 is 4.79 Å². The fourth-order valence-electron chi connectivity index (χ4n) is 2.68. The van der Waals surface area contributed by atoms with Crippen LogP contribution in [0.5, 0.6) is 0 Å². The lowest BCUT2D eigenvalue weighted by Gasteiger charge is -2.29. The molecule has 0 aliphatic carbocycles. The van der Waals surface area contributed by atoms with Crippen molar-refractivity contribution in [3.63, 3.8) is 0 Å². The number of thiophene rings is 1. The second kappa shape index (κ2) is 8.83. The summed E-state index contributed by atoms with van der Waals surface area (Å²) in [6, 6.07) is 15.2. The van der Waals surface area contributed by atoms with E-state index in [2.05, 4.69) is 28.7 Å². The third kappa shape index (κ3) is 5.07. The van der Waals surface area contributed by atoms with Crippen molar-refractivity contribution in [1.29, 1.82) is 0 Å². The molecule has 0 bridgehead atoms. The van der Waals surface area contributed by atoms with Crippen molar-refractivity contribution in [2.45, 2.75) is 25.9 Å². The lowest BCUT2D eigenvalue weighted by Crippen LogP contribution is -2.42. The van der Waals surface area contributed by atoms with Crippen molar-refractivity contribution in [2.75, 3.05) is 5.32 Å². The van der Waals surface area contributed by atoms with E-state index in [4.69, 9.17) is 11.6 Å². The Morgan fingerprint density at radius 1 is 1.23 bits per heavy atom. The van der Waals surface area contributed by atoms with Gasteiger partial charge in [-0.1, -0.05) is 29.8 Å². The third-order valence-electron chi connectivity index (χ3n) is 4.05. The maximum Gasteiger partial charge on any atom is 0.322 e. The van der Waals surface area contributed by atoms with Crippen molar-refractivity contribution >= 4 is 34.7 Å². The number of aromatic nitrogens is 1. The van der Waals surface area contributed by atoms with Crippen LogP contribution >= 0.6 is 22.9 Å². The van der Waals surface area contributed by atoms with E-state index in [-0.39, 0.29) is 12.1 Å². The van der Waals surface area contributed by atoms with Gasteiger partial charge in [0.05, 0.1) is 11.9 Å². The van der Waals surface area contributed by atoms with E-state index in [1.165, 1.54) is 4.88 Å². The molecule has 0 unspecified atom stereocenters. The summed E-state index contributed by atoms with van der Waals surface area (Å²) in [5.74, 6) is 0. The van der Waals surface area contributed by atoms with Crippen LogP contribution in [0.4, 0.5) is 10.5 Å². The first-order valence-electron chi connectivity index (χ1n) is 8.36. The van der Waals surface area contributed by atoms with E-state index in [9.17, 15) is 4.79 Å². The van der Waals surface area contributed by atoms with Gasteiger partial charge in [-0.15, -0.1) is 11.3 Å². The molecule has 1 aromatic carbocycles. The number of nitrogens with zero attached hydrogens (tertiary/aromatic N) is 2. The average Bonchev–Trinajstić information content (AvgIpc) is 3.15. The Morgan fingerprint density at radius 2 is 2.04 bits per heavy atom. The molecule has 3 aromatic rings.